The number of carbonyl (C=O) groups excluding carboxylic acids is 1. The summed E-state index contributed by atoms with van der Waals surface area (Å²) in [6.45, 7) is 5.59. The van der Waals surface area contributed by atoms with Crippen LogP contribution >= 0.6 is 0 Å². The van der Waals surface area contributed by atoms with Crippen LogP contribution in [-0.2, 0) is 15.7 Å². The molecule has 0 saturated carbocycles. The van der Waals surface area contributed by atoms with Gasteiger partial charge in [-0.25, -0.2) is 4.98 Å². The van der Waals surface area contributed by atoms with Crippen molar-refractivity contribution in [3.8, 4) is 0 Å². The van der Waals surface area contributed by atoms with Crippen LogP contribution in [0.2, 0.25) is 0 Å². The molecule has 1 unspecified atom stereocenters. The van der Waals surface area contributed by atoms with E-state index < -0.39 is 17.9 Å². The number of pyridine rings is 1. The zero-order valence-corrected chi connectivity index (χ0v) is 13.1. The number of anilines is 1. The highest BCUT2D eigenvalue weighted by molar-refractivity contribution is 5.84. The van der Waals surface area contributed by atoms with E-state index in [4.69, 9.17) is 4.74 Å². The predicted octanol–water partition coefficient (Wildman–Crippen LogP) is 2.40. The van der Waals surface area contributed by atoms with Gasteiger partial charge in [-0.05, 0) is 18.1 Å². The maximum Gasteiger partial charge on any atom is 0.433 e. The minimum atomic E-state index is -4.51. The number of halogens is 3. The number of carbonyl (C=O) groups is 1. The van der Waals surface area contributed by atoms with Crippen molar-refractivity contribution in [1.29, 1.82) is 0 Å². The smallest absolute Gasteiger partial charge is 0.378 e. The molecule has 0 bridgehead atoms. The van der Waals surface area contributed by atoms with Crippen LogP contribution in [0.5, 0.6) is 0 Å². The fraction of sp³-hybridized carbons (Fsp3) is 0.600. The first-order chi connectivity index (χ1) is 10.8. The Labute approximate surface area is 132 Å². The van der Waals surface area contributed by atoms with Gasteiger partial charge in [-0.1, -0.05) is 19.9 Å². The Morgan fingerprint density at radius 2 is 1.96 bits per heavy atom. The van der Waals surface area contributed by atoms with Gasteiger partial charge in [-0.2, -0.15) is 13.2 Å². The van der Waals surface area contributed by atoms with Gasteiger partial charge in [0.05, 0.1) is 13.2 Å². The minimum Gasteiger partial charge on any atom is -0.378 e. The largest absolute Gasteiger partial charge is 0.433 e. The number of amides is 1. The van der Waals surface area contributed by atoms with Crippen LogP contribution in [0.3, 0.4) is 0 Å². The van der Waals surface area contributed by atoms with E-state index in [0.717, 1.165) is 6.07 Å². The van der Waals surface area contributed by atoms with Crippen molar-refractivity contribution in [3.05, 3.63) is 23.9 Å². The van der Waals surface area contributed by atoms with Crippen LogP contribution in [0.25, 0.3) is 0 Å². The van der Waals surface area contributed by atoms with E-state index >= 15 is 0 Å². The summed E-state index contributed by atoms with van der Waals surface area (Å²) >= 11 is 0. The third kappa shape index (κ3) is 4.57. The molecule has 1 fully saturated rings. The number of hydrogen-bond donors (Lipinski definition) is 1. The number of alkyl halides is 3. The number of morpholine rings is 1. The topological polar surface area (TPSA) is 54.5 Å². The third-order valence-electron chi connectivity index (χ3n) is 3.60. The molecule has 1 saturated heterocycles. The Morgan fingerprint density at radius 3 is 2.52 bits per heavy atom. The molecule has 23 heavy (non-hydrogen) atoms. The Morgan fingerprint density at radius 1 is 1.30 bits per heavy atom. The zero-order chi connectivity index (χ0) is 17.0. The van der Waals surface area contributed by atoms with Crippen molar-refractivity contribution in [2.45, 2.75) is 26.1 Å². The van der Waals surface area contributed by atoms with Crippen molar-refractivity contribution in [1.82, 2.24) is 9.88 Å². The SMILES string of the molecule is CC(C)C(Nc1cccc(C(F)(F)F)n1)C(=O)N1CCOCC1. The van der Waals surface area contributed by atoms with E-state index in [2.05, 4.69) is 10.3 Å². The van der Waals surface area contributed by atoms with Gasteiger partial charge >= 0.3 is 6.18 Å². The summed E-state index contributed by atoms with van der Waals surface area (Å²) in [4.78, 5) is 17.8. The second-order valence-electron chi connectivity index (χ2n) is 5.71. The first-order valence-corrected chi connectivity index (χ1v) is 7.46. The average molecular weight is 331 g/mol. The lowest BCUT2D eigenvalue weighted by molar-refractivity contribution is -0.141. The fourth-order valence-corrected chi connectivity index (χ4v) is 2.33. The maximum atomic E-state index is 12.7. The molecule has 1 amide bonds. The van der Waals surface area contributed by atoms with E-state index in [1.165, 1.54) is 12.1 Å². The van der Waals surface area contributed by atoms with Crippen molar-refractivity contribution in [2.75, 3.05) is 31.6 Å². The van der Waals surface area contributed by atoms with Gasteiger partial charge in [0.25, 0.3) is 0 Å². The molecular weight excluding hydrogens is 311 g/mol. The third-order valence-corrected chi connectivity index (χ3v) is 3.60. The van der Waals surface area contributed by atoms with Gasteiger partial charge in [0.2, 0.25) is 5.91 Å². The highest BCUT2D eigenvalue weighted by Gasteiger charge is 2.33. The van der Waals surface area contributed by atoms with E-state index in [9.17, 15) is 18.0 Å². The monoisotopic (exact) mass is 331 g/mol. The van der Waals surface area contributed by atoms with Crippen LogP contribution in [0.15, 0.2) is 18.2 Å². The molecule has 8 heteroatoms. The second-order valence-corrected chi connectivity index (χ2v) is 5.71. The fourth-order valence-electron chi connectivity index (χ4n) is 2.33. The number of nitrogens with zero attached hydrogens (tertiary/aromatic N) is 2. The highest BCUT2D eigenvalue weighted by atomic mass is 19.4. The molecule has 128 valence electrons. The Kier molecular flexibility index (Phi) is 5.46. The first-order valence-electron chi connectivity index (χ1n) is 7.46. The molecular formula is C15H20F3N3O2. The normalized spacial score (nSPS) is 17.2. The molecule has 1 aliphatic heterocycles. The average Bonchev–Trinajstić information content (AvgIpc) is 2.52. The van der Waals surface area contributed by atoms with Gasteiger partial charge in [0, 0.05) is 13.1 Å². The Balaban J connectivity index is 2.14. The van der Waals surface area contributed by atoms with E-state index in [1.54, 1.807) is 4.90 Å². The molecule has 5 nitrogen and oxygen atoms in total. The molecule has 0 aliphatic carbocycles. The summed E-state index contributed by atoms with van der Waals surface area (Å²) in [5.74, 6) is -0.204. The lowest BCUT2D eigenvalue weighted by Gasteiger charge is -2.32. The van der Waals surface area contributed by atoms with E-state index in [0.29, 0.717) is 26.3 Å². The molecule has 2 heterocycles. The number of rotatable bonds is 4. The molecule has 1 aromatic heterocycles. The van der Waals surface area contributed by atoms with Crippen molar-refractivity contribution >= 4 is 11.7 Å². The number of hydrogen-bond acceptors (Lipinski definition) is 4. The van der Waals surface area contributed by atoms with Crippen LogP contribution in [0, 0.1) is 5.92 Å². The molecule has 1 aromatic rings. The summed E-state index contributed by atoms with van der Waals surface area (Å²) in [6, 6.07) is 2.97. The standard InChI is InChI=1S/C15H20F3N3O2/c1-10(2)13(14(22)21-6-8-23-9-7-21)20-12-5-3-4-11(19-12)15(16,17)18/h3-5,10,13H,6-9H2,1-2H3,(H,19,20). The summed E-state index contributed by atoms with van der Waals surface area (Å²) in [5.41, 5.74) is -0.983. The Bertz CT molecular complexity index is 543. The lowest BCUT2D eigenvalue weighted by atomic mass is 10.0. The zero-order valence-electron chi connectivity index (χ0n) is 13.1. The summed E-state index contributed by atoms with van der Waals surface area (Å²) in [6.07, 6.45) is -4.51. The number of ether oxygens (including phenoxy) is 1. The van der Waals surface area contributed by atoms with Crippen molar-refractivity contribution in [2.24, 2.45) is 5.92 Å². The minimum absolute atomic E-state index is 0.0418. The summed E-state index contributed by atoms with van der Waals surface area (Å²) < 4.78 is 43.4. The van der Waals surface area contributed by atoms with Crippen LogP contribution in [-0.4, -0.2) is 48.1 Å². The maximum absolute atomic E-state index is 12.7. The highest BCUT2D eigenvalue weighted by Crippen LogP contribution is 2.28. The molecule has 1 N–H and O–H groups in total. The van der Waals surface area contributed by atoms with Gasteiger partial charge in [0.1, 0.15) is 17.6 Å². The van der Waals surface area contributed by atoms with Gasteiger partial charge in [-0.3, -0.25) is 4.79 Å². The summed E-state index contributed by atoms with van der Waals surface area (Å²) in [5, 5.41) is 2.84. The van der Waals surface area contributed by atoms with E-state index in [-0.39, 0.29) is 17.6 Å². The van der Waals surface area contributed by atoms with Crippen molar-refractivity contribution < 1.29 is 22.7 Å². The number of nitrogens with one attached hydrogen (secondary N) is 1. The van der Waals surface area contributed by atoms with Crippen molar-refractivity contribution in [3.63, 3.8) is 0 Å². The van der Waals surface area contributed by atoms with Crippen LogP contribution in [0.1, 0.15) is 19.5 Å². The first kappa shape index (κ1) is 17.5. The quantitative estimate of drug-likeness (QED) is 0.920. The predicted molar refractivity (Wildman–Crippen MR) is 78.9 cm³/mol. The summed E-state index contributed by atoms with van der Waals surface area (Å²) in [7, 11) is 0. The van der Waals surface area contributed by atoms with Gasteiger partial charge in [0.15, 0.2) is 0 Å². The van der Waals surface area contributed by atoms with E-state index in [1.807, 2.05) is 13.8 Å². The number of aromatic nitrogens is 1. The van der Waals surface area contributed by atoms with Gasteiger partial charge in [-0.15, -0.1) is 0 Å². The molecule has 0 spiro atoms. The van der Waals surface area contributed by atoms with Crippen LogP contribution < -0.4 is 5.32 Å². The molecule has 2 rings (SSSR count). The van der Waals surface area contributed by atoms with Crippen LogP contribution in [0.4, 0.5) is 19.0 Å². The molecule has 1 atom stereocenters. The second kappa shape index (κ2) is 7.16. The molecule has 1 aliphatic rings. The van der Waals surface area contributed by atoms with Gasteiger partial charge < -0.3 is 15.0 Å². The molecule has 0 aromatic carbocycles. The Hall–Kier alpha value is -1.83. The molecule has 0 radical (unpaired) electrons. The lowest BCUT2D eigenvalue weighted by Crippen LogP contribution is -2.50.